The summed E-state index contributed by atoms with van der Waals surface area (Å²) in [6.45, 7) is 0.472. The van der Waals surface area contributed by atoms with Crippen LogP contribution < -0.4 is 15.4 Å². The van der Waals surface area contributed by atoms with Crippen molar-refractivity contribution in [3.63, 3.8) is 0 Å². The first kappa shape index (κ1) is 20.3. The molecule has 2 N–H and O–H groups in total. The van der Waals surface area contributed by atoms with E-state index in [0.29, 0.717) is 17.0 Å². The highest BCUT2D eigenvalue weighted by atomic mass is 19.4. The van der Waals surface area contributed by atoms with Crippen molar-refractivity contribution in [1.29, 1.82) is 0 Å². The fourth-order valence-electron chi connectivity index (χ4n) is 2.44. The molecule has 0 fully saturated rings. The number of hydrogen-bond acceptors (Lipinski definition) is 3. The van der Waals surface area contributed by atoms with Crippen molar-refractivity contribution < 1.29 is 27.5 Å². The van der Waals surface area contributed by atoms with Gasteiger partial charge in [0.2, 0.25) is 5.91 Å². The Bertz CT molecular complexity index is 835. The molecule has 0 spiro atoms. The van der Waals surface area contributed by atoms with E-state index in [9.17, 15) is 22.8 Å². The molecule has 0 heterocycles. The monoisotopic (exact) mass is 380 g/mol. The van der Waals surface area contributed by atoms with Gasteiger partial charge in [-0.15, -0.1) is 0 Å². The number of carbonyl (C=O) groups excluding carboxylic acids is 2. The molecule has 0 aliphatic rings. The predicted octanol–water partition coefficient (Wildman–Crippen LogP) is 3.48. The van der Waals surface area contributed by atoms with Gasteiger partial charge in [0.1, 0.15) is 12.3 Å². The second-order valence-electron chi connectivity index (χ2n) is 5.92. The molecule has 0 bridgehead atoms. The van der Waals surface area contributed by atoms with Gasteiger partial charge >= 0.3 is 6.18 Å². The lowest BCUT2D eigenvalue weighted by Crippen LogP contribution is -2.33. The van der Waals surface area contributed by atoms with E-state index in [1.165, 1.54) is 25.3 Å². The van der Waals surface area contributed by atoms with E-state index in [2.05, 4.69) is 5.32 Å². The Morgan fingerprint density at radius 3 is 2.52 bits per heavy atom. The zero-order valence-electron chi connectivity index (χ0n) is 14.8. The molecule has 8 heteroatoms. The van der Waals surface area contributed by atoms with Crippen LogP contribution in [0.3, 0.4) is 0 Å². The first-order valence-electron chi connectivity index (χ1n) is 8.06. The molecule has 0 atom stereocenters. The molecule has 2 aromatic rings. The number of ether oxygens (including phenoxy) is 1. The minimum absolute atomic E-state index is 0.0187. The normalized spacial score (nSPS) is 11.0. The average molecular weight is 380 g/mol. The Labute approximate surface area is 154 Å². The quantitative estimate of drug-likeness (QED) is 0.806. The summed E-state index contributed by atoms with van der Waals surface area (Å²) >= 11 is 0. The molecule has 2 rings (SSSR count). The van der Waals surface area contributed by atoms with E-state index >= 15 is 0 Å². The maximum absolute atomic E-state index is 12.3. The third-order valence-corrected chi connectivity index (χ3v) is 3.64. The molecule has 0 aliphatic heterocycles. The van der Waals surface area contributed by atoms with Crippen LogP contribution in [0, 0.1) is 6.92 Å². The van der Waals surface area contributed by atoms with Crippen LogP contribution in [-0.2, 0) is 11.2 Å². The molecule has 0 aromatic heterocycles. The molecule has 0 saturated heterocycles. The van der Waals surface area contributed by atoms with Crippen LogP contribution in [0.25, 0.3) is 0 Å². The SMILES string of the molecule is COc1ccc(C)cc1CC(=O)Nc1cccc(C(=O)NCC(F)(F)F)c1. The van der Waals surface area contributed by atoms with Gasteiger partial charge in [-0.25, -0.2) is 0 Å². The van der Waals surface area contributed by atoms with Gasteiger partial charge in [0.15, 0.2) is 0 Å². The van der Waals surface area contributed by atoms with Crippen molar-refractivity contribution in [1.82, 2.24) is 5.32 Å². The highest BCUT2D eigenvalue weighted by Gasteiger charge is 2.27. The topological polar surface area (TPSA) is 67.4 Å². The second-order valence-corrected chi connectivity index (χ2v) is 5.92. The number of rotatable bonds is 6. The Balaban J connectivity index is 2.04. The maximum atomic E-state index is 12.3. The number of amides is 2. The van der Waals surface area contributed by atoms with Crippen molar-refractivity contribution >= 4 is 17.5 Å². The molecule has 0 aliphatic carbocycles. The fourth-order valence-corrected chi connectivity index (χ4v) is 2.44. The molecule has 0 saturated carbocycles. The molecular formula is C19H19F3N2O3. The first-order chi connectivity index (χ1) is 12.7. The largest absolute Gasteiger partial charge is 0.496 e. The first-order valence-corrected chi connectivity index (χ1v) is 8.06. The summed E-state index contributed by atoms with van der Waals surface area (Å²) in [7, 11) is 1.51. The summed E-state index contributed by atoms with van der Waals surface area (Å²) in [5.41, 5.74) is 2.01. The van der Waals surface area contributed by atoms with Crippen molar-refractivity contribution in [3.05, 3.63) is 59.2 Å². The van der Waals surface area contributed by atoms with Crippen molar-refractivity contribution in [2.75, 3.05) is 19.0 Å². The van der Waals surface area contributed by atoms with E-state index in [-0.39, 0.29) is 17.9 Å². The molecule has 0 unspecified atom stereocenters. The van der Waals surface area contributed by atoms with Crippen LogP contribution >= 0.6 is 0 Å². The lowest BCUT2D eigenvalue weighted by atomic mass is 10.1. The summed E-state index contributed by atoms with van der Waals surface area (Å²) < 4.78 is 41.8. The van der Waals surface area contributed by atoms with Crippen LogP contribution in [0.5, 0.6) is 5.75 Å². The average Bonchev–Trinajstić information content (AvgIpc) is 2.59. The van der Waals surface area contributed by atoms with E-state index < -0.39 is 18.6 Å². The smallest absolute Gasteiger partial charge is 0.405 e. The Kier molecular flexibility index (Phi) is 6.44. The Morgan fingerprint density at radius 2 is 1.85 bits per heavy atom. The number of anilines is 1. The fraction of sp³-hybridized carbons (Fsp3) is 0.263. The van der Waals surface area contributed by atoms with Gasteiger partial charge in [-0.1, -0.05) is 23.8 Å². The zero-order valence-corrected chi connectivity index (χ0v) is 14.8. The van der Waals surface area contributed by atoms with Gasteiger partial charge in [0, 0.05) is 16.8 Å². The van der Waals surface area contributed by atoms with Gasteiger partial charge < -0.3 is 15.4 Å². The second kappa shape index (κ2) is 8.57. The number of methoxy groups -OCH3 is 1. The molecule has 0 radical (unpaired) electrons. The van der Waals surface area contributed by atoms with Crippen LogP contribution in [0.1, 0.15) is 21.5 Å². The van der Waals surface area contributed by atoms with Crippen LogP contribution in [0.15, 0.2) is 42.5 Å². The Morgan fingerprint density at radius 1 is 1.11 bits per heavy atom. The number of alkyl halides is 3. The van der Waals surface area contributed by atoms with E-state index in [1.54, 1.807) is 17.4 Å². The van der Waals surface area contributed by atoms with Gasteiger partial charge in [-0.2, -0.15) is 13.2 Å². The summed E-state index contributed by atoms with van der Waals surface area (Å²) in [6.07, 6.45) is -4.44. The van der Waals surface area contributed by atoms with Gasteiger partial charge in [-0.3, -0.25) is 9.59 Å². The van der Waals surface area contributed by atoms with Gasteiger partial charge in [0.25, 0.3) is 5.91 Å². The van der Waals surface area contributed by atoms with Crippen molar-refractivity contribution in [3.8, 4) is 5.75 Å². The molecule has 27 heavy (non-hydrogen) atoms. The third kappa shape index (κ3) is 6.32. The standard InChI is InChI=1S/C19H19F3N2O3/c1-12-6-7-16(27-2)14(8-12)10-17(25)24-15-5-3-4-13(9-15)18(26)23-11-19(20,21)22/h3-9H,10-11H2,1-2H3,(H,23,26)(H,24,25). The maximum Gasteiger partial charge on any atom is 0.405 e. The van der Waals surface area contributed by atoms with Crippen molar-refractivity contribution in [2.24, 2.45) is 0 Å². The van der Waals surface area contributed by atoms with Gasteiger partial charge in [0.05, 0.1) is 13.5 Å². The molecular weight excluding hydrogens is 361 g/mol. The lowest BCUT2D eigenvalue weighted by molar-refractivity contribution is -0.123. The number of aryl methyl sites for hydroxylation is 1. The highest BCUT2D eigenvalue weighted by Crippen LogP contribution is 2.21. The number of carbonyl (C=O) groups is 2. The summed E-state index contributed by atoms with van der Waals surface area (Å²) in [5.74, 6) is -0.633. The third-order valence-electron chi connectivity index (χ3n) is 3.64. The highest BCUT2D eigenvalue weighted by molar-refractivity contribution is 5.97. The molecule has 144 valence electrons. The zero-order chi connectivity index (χ0) is 20.0. The molecule has 2 amide bonds. The summed E-state index contributed by atoms with van der Waals surface area (Å²) in [5, 5.41) is 4.42. The minimum atomic E-state index is -4.49. The van der Waals surface area contributed by atoms with Crippen molar-refractivity contribution in [2.45, 2.75) is 19.5 Å². The number of nitrogens with one attached hydrogen (secondary N) is 2. The lowest BCUT2D eigenvalue weighted by Gasteiger charge is -2.11. The van der Waals surface area contributed by atoms with Crippen LogP contribution in [-0.4, -0.2) is 31.6 Å². The number of hydrogen-bond donors (Lipinski definition) is 2. The number of halogens is 3. The predicted molar refractivity (Wildman–Crippen MR) is 94.9 cm³/mol. The molecule has 5 nitrogen and oxygen atoms in total. The number of benzene rings is 2. The van der Waals surface area contributed by atoms with E-state index in [1.807, 2.05) is 19.1 Å². The van der Waals surface area contributed by atoms with Gasteiger partial charge in [-0.05, 0) is 31.2 Å². The summed E-state index contributed by atoms with van der Waals surface area (Å²) in [4.78, 5) is 24.1. The van der Waals surface area contributed by atoms with E-state index in [0.717, 1.165) is 5.56 Å². The molecule has 2 aromatic carbocycles. The Hall–Kier alpha value is -3.03. The van der Waals surface area contributed by atoms with Crippen LogP contribution in [0.4, 0.5) is 18.9 Å². The van der Waals surface area contributed by atoms with Crippen LogP contribution in [0.2, 0.25) is 0 Å². The van der Waals surface area contributed by atoms with E-state index in [4.69, 9.17) is 4.74 Å². The minimum Gasteiger partial charge on any atom is -0.496 e. The summed E-state index contributed by atoms with van der Waals surface area (Å²) in [6, 6.07) is 11.2.